The van der Waals surface area contributed by atoms with Crippen molar-refractivity contribution in [2.75, 3.05) is 13.1 Å². The average molecular weight is 352 g/mol. The molecule has 0 aliphatic carbocycles. The number of hydrogen-bond donors (Lipinski definition) is 1. The van der Waals surface area contributed by atoms with Gasteiger partial charge in [0.15, 0.2) is 0 Å². The highest BCUT2D eigenvalue weighted by Crippen LogP contribution is 2.31. The summed E-state index contributed by atoms with van der Waals surface area (Å²) in [5.74, 6) is -3.40. The quantitative estimate of drug-likeness (QED) is 0.599. The Morgan fingerprint density at radius 3 is 2.80 bits per heavy atom. The lowest BCUT2D eigenvalue weighted by Gasteiger charge is -2.18. The summed E-state index contributed by atoms with van der Waals surface area (Å²) in [4.78, 5) is 12.2. The van der Waals surface area contributed by atoms with Gasteiger partial charge < -0.3 is 4.90 Å². The van der Waals surface area contributed by atoms with Gasteiger partial charge in [0.05, 0.1) is 19.2 Å². The number of carbonyl (C=O) groups excluding carboxylic acids is 1. The highest BCUT2D eigenvalue weighted by atomic mass is 127. The van der Waals surface area contributed by atoms with Crippen LogP contribution in [0.25, 0.3) is 0 Å². The van der Waals surface area contributed by atoms with Crippen molar-refractivity contribution in [3.8, 4) is 6.07 Å². The van der Waals surface area contributed by atoms with Gasteiger partial charge in [-0.25, -0.2) is 8.78 Å². The van der Waals surface area contributed by atoms with Crippen LogP contribution in [0.3, 0.4) is 0 Å². The van der Waals surface area contributed by atoms with E-state index in [4.69, 9.17) is 5.26 Å². The lowest BCUT2D eigenvalue weighted by Crippen LogP contribution is -2.39. The number of amides is 1. The molecular formula is C7H9ClF2IN3O. The van der Waals surface area contributed by atoms with Crippen LogP contribution in [0, 0.1) is 11.3 Å². The van der Waals surface area contributed by atoms with E-state index in [1.54, 1.807) is 28.9 Å². The Bertz CT molecular complexity index is 284. The summed E-state index contributed by atoms with van der Waals surface area (Å²) < 4.78 is 28.3. The van der Waals surface area contributed by atoms with Crippen LogP contribution in [0.4, 0.5) is 8.78 Å². The van der Waals surface area contributed by atoms with Crippen molar-refractivity contribution in [3.05, 3.63) is 0 Å². The highest BCUT2D eigenvalue weighted by molar-refractivity contribution is 14.1. The van der Waals surface area contributed by atoms with E-state index in [-0.39, 0.29) is 19.0 Å². The Morgan fingerprint density at radius 1 is 1.73 bits per heavy atom. The Kier molecular flexibility index (Phi) is 5.69. The van der Waals surface area contributed by atoms with Crippen LogP contribution >= 0.6 is 35.3 Å². The third-order valence-electron chi connectivity index (χ3n) is 1.96. The highest BCUT2D eigenvalue weighted by Gasteiger charge is 2.46. The lowest BCUT2D eigenvalue weighted by atomic mass is 10.2. The van der Waals surface area contributed by atoms with Crippen molar-refractivity contribution in [2.45, 2.75) is 18.4 Å². The normalized spacial score (nSPS) is 23.1. The first-order valence-electron chi connectivity index (χ1n) is 3.90. The van der Waals surface area contributed by atoms with E-state index in [9.17, 15) is 13.6 Å². The van der Waals surface area contributed by atoms with Gasteiger partial charge in [-0.2, -0.15) is 5.26 Å². The van der Waals surface area contributed by atoms with Gasteiger partial charge in [0.25, 0.3) is 5.92 Å². The molecule has 1 unspecified atom stereocenters. The molecule has 1 N–H and O–H groups in total. The number of likely N-dealkylation sites (tertiary alicyclic amines) is 1. The molecule has 86 valence electrons. The zero-order valence-corrected chi connectivity index (χ0v) is 10.5. The molecule has 1 rings (SSSR count). The molecule has 1 amide bonds. The molecule has 1 atom stereocenters. The molecule has 0 spiro atoms. The average Bonchev–Trinajstić information content (AvgIpc) is 2.41. The van der Waals surface area contributed by atoms with Gasteiger partial charge in [-0.05, 0) is 0 Å². The summed E-state index contributed by atoms with van der Waals surface area (Å²) in [7, 11) is 0. The molecule has 0 saturated carbocycles. The van der Waals surface area contributed by atoms with Gasteiger partial charge in [0.1, 0.15) is 6.04 Å². The molecule has 1 heterocycles. The van der Waals surface area contributed by atoms with Crippen LogP contribution in [0.2, 0.25) is 0 Å². The fraction of sp³-hybridized carbons (Fsp3) is 0.714. The second-order valence-corrected chi connectivity index (χ2v) is 3.80. The standard InChI is InChI=1S/C7H8F2IN3O.ClH/c8-7(9)1-5(2-11)13(4-7)6(14)3-12-10;/h5,12H,1,3-4H2;1H. The van der Waals surface area contributed by atoms with Gasteiger partial charge in [-0.3, -0.25) is 8.32 Å². The molecule has 0 radical (unpaired) electrons. The predicted octanol–water partition coefficient (Wildman–Crippen LogP) is 1.11. The first-order valence-corrected chi connectivity index (χ1v) is 4.98. The Labute approximate surface area is 106 Å². The van der Waals surface area contributed by atoms with E-state index < -0.39 is 30.8 Å². The van der Waals surface area contributed by atoms with Crippen molar-refractivity contribution < 1.29 is 13.6 Å². The van der Waals surface area contributed by atoms with E-state index in [2.05, 4.69) is 3.53 Å². The Balaban J connectivity index is 0.00000196. The maximum atomic E-state index is 12.9. The van der Waals surface area contributed by atoms with Gasteiger partial charge in [-0.15, -0.1) is 12.4 Å². The van der Waals surface area contributed by atoms with E-state index in [1.165, 1.54) is 0 Å². The molecule has 0 bridgehead atoms. The minimum absolute atomic E-state index is 0. The van der Waals surface area contributed by atoms with Crippen molar-refractivity contribution in [1.29, 1.82) is 5.26 Å². The zero-order valence-electron chi connectivity index (χ0n) is 7.54. The smallest absolute Gasteiger partial charge is 0.268 e. The van der Waals surface area contributed by atoms with E-state index in [1.807, 2.05) is 0 Å². The van der Waals surface area contributed by atoms with Crippen molar-refractivity contribution in [1.82, 2.24) is 8.43 Å². The number of hydrogen-bond acceptors (Lipinski definition) is 3. The van der Waals surface area contributed by atoms with E-state index >= 15 is 0 Å². The topological polar surface area (TPSA) is 56.1 Å². The fourth-order valence-corrected chi connectivity index (χ4v) is 1.68. The molecule has 4 nitrogen and oxygen atoms in total. The van der Waals surface area contributed by atoms with Gasteiger partial charge >= 0.3 is 0 Å². The third kappa shape index (κ3) is 3.70. The molecule has 0 aromatic carbocycles. The van der Waals surface area contributed by atoms with E-state index in [0.29, 0.717) is 0 Å². The van der Waals surface area contributed by atoms with Crippen molar-refractivity contribution in [3.63, 3.8) is 0 Å². The Hall–Kier alpha value is -0.200. The Morgan fingerprint density at radius 2 is 2.33 bits per heavy atom. The summed E-state index contributed by atoms with van der Waals surface area (Å²) in [6.45, 7) is -0.683. The number of rotatable bonds is 2. The molecule has 1 fully saturated rings. The van der Waals surface area contributed by atoms with Crippen molar-refractivity contribution in [2.24, 2.45) is 0 Å². The second-order valence-electron chi connectivity index (χ2n) is 3.04. The molecule has 1 aliphatic rings. The van der Waals surface area contributed by atoms with E-state index in [0.717, 1.165) is 4.90 Å². The molecule has 1 saturated heterocycles. The minimum atomic E-state index is -2.93. The number of alkyl halides is 2. The summed E-state index contributed by atoms with van der Waals surface area (Å²) in [6, 6.07) is 0.706. The van der Waals surface area contributed by atoms with Crippen LogP contribution < -0.4 is 3.53 Å². The summed E-state index contributed by atoms with van der Waals surface area (Å²) >= 11 is 1.75. The largest absolute Gasteiger partial charge is 0.319 e. The molecule has 0 aromatic rings. The lowest BCUT2D eigenvalue weighted by molar-refractivity contribution is -0.131. The molecule has 0 aromatic heterocycles. The van der Waals surface area contributed by atoms with Crippen LogP contribution in [-0.4, -0.2) is 35.9 Å². The summed E-state index contributed by atoms with van der Waals surface area (Å²) in [5, 5.41) is 8.59. The number of nitriles is 1. The monoisotopic (exact) mass is 351 g/mol. The summed E-state index contributed by atoms with van der Waals surface area (Å²) in [6.07, 6.45) is -0.559. The van der Waals surface area contributed by atoms with Crippen LogP contribution in [0.1, 0.15) is 6.42 Å². The van der Waals surface area contributed by atoms with Gasteiger partial charge in [0, 0.05) is 29.3 Å². The zero-order chi connectivity index (χ0) is 10.8. The second kappa shape index (κ2) is 5.77. The maximum absolute atomic E-state index is 12.9. The number of carbonyl (C=O) groups is 1. The first-order chi connectivity index (χ1) is 6.50. The predicted molar refractivity (Wildman–Crippen MR) is 59.9 cm³/mol. The molecular weight excluding hydrogens is 342 g/mol. The fourth-order valence-electron chi connectivity index (χ4n) is 1.35. The molecule has 1 aliphatic heterocycles. The summed E-state index contributed by atoms with van der Waals surface area (Å²) in [5.41, 5.74) is 0. The van der Waals surface area contributed by atoms with Crippen LogP contribution in [0.15, 0.2) is 0 Å². The third-order valence-corrected chi connectivity index (χ3v) is 2.34. The van der Waals surface area contributed by atoms with Crippen molar-refractivity contribution >= 4 is 41.2 Å². The minimum Gasteiger partial charge on any atom is -0.319 e. The number of nitrogens with zero attached hydrogens (tertiary/aromatic N) is 2. The van der Waals surface area contributed by atoms with Gasteiger partial charge in [0.2, 0.25) is 5.91 Å². The number of nitrogens with one attached hydrogen (secondary N) is 1. The SMILES string of the molecule is Cl.N#CC1CC(F)(F)CN1C(=O)CNI. The van der Waals surface area contributed by atoms with Crippen LogP contribution in [-0.2, 0) is 4.79 Å². The van der Waals surface area contributed by atoms with Crippen LogP contribution in [0.5, 0.6) is 0 Å². The maximum Gasteiger partial charge on any atom is 0.268 e. The first kappa shape index (κ1) is 14.8. The molecule has 8 heteroatoms. The number of halogens is 4. The molecule has 15 heavy (non-hydrogen) atoms. The van der Waals surface area contributed by atoms with Gasteiger partial charge in [-0.1, -0.05) is 0 Å².